The van der Waals surface area contributed by atoms with Crippen molar-refractivity contribution in [1.82, 2.24) is 15.2 Å². The van der Waals surface area contributed by atoms with Crippen molar-refractivity contribution in [1.29, 1.82) is 0 Å². The molecule has 4 nitrogen and oxygen atoms in total. The molecule has 31 heavy (non-hydrogen) atoms. The molecular formula is C26H41N3OS. The molecule has 6 rings (SSSR count). The SMILES string of the molecule is CCCN(CCCCCC(=O)NC12CC3CC(CC(C3)C1)C2)C1CCc2ncsc2C1. The number of fused-ring (bicyclic) bond motifs is 1. The summed E-state index contributed by atoms with van der Waals surface area (Å²) in [5, 5.41) is 3.55. The third-order valence-corrected chi connectivity index (χ3v) is 9.58. The Bertz CT molecular complexity index is 724. The van der Waals surface area contributed by atoms with Crippen LogP contribution in [0.5, 0.6) is 0 Å². The number of nitrogens with zero attached hydrogens (tertiary/aromatic N) is 2. The molecular weight excluding hydrogens is 402 g/mol. The number of aromatic nitrogens is 1. The smallest absolute Gasteiger partial charge is 0.220 e. The molecule has 1 amide bonds. The Morgan fingerprint density at radius 1 is 1.13 bits per heavy atom. The number of carbonyl (C=O) groups is 1. The molecule has 1 aromatic heterocycles. The summed E-state index contributed by atoms with van der Waals surface area (Å²) in [6.45, 7) is 4.68. The molecule has 0 aliphatic heterocycles. The van der Waals surface area contributed by atoms with Crippen LogP contribution in [0.2, 0.25) is 0 Å². The second kappa shape index (κ2) is 9.51. The van der Waals surface area contributed by atoms with E-state index in [0.29, 0.717) is 11.9 Å². The van der Waals surface area contributed by atoms with Crippen LogP contribution in [-0.4, -0.2) is 40.5 Å². The van der Waals surface area contributed by atoms with Crippen LogP contribution in [-0.2, 0) is 17.6 Å². The van der Waals surface area contributed by atoms with E-state index in [0.717, 1.165) is 37.0 Å². The fourth-order valence-electron chi connectivity index (χ4n) is 7.76. The van der Waals surface area contributed by atoms with E-state index >= 15 is 0 Å². The van der Waals surface area contributed by atoms with Crippen LogP contribution in [0.25, 0.3) is 0 Å². The minimum absolute atomic E-state index is 0.181. The van der Waals surface area contributed by atoms with Gasteiger partial charge in [-0.3, -0.25) is 4.79 Å². The van der Waals surface area contributed by atoms with Gasteiger partial charge in [0.15, 0.2) is 0 Å². The van der Waals surface area contributed by atoms with Crippen LogP contribution in [0.3, 0.4) is 0 Å². The standard InChI is InChI=1S/C26H41N3OS/c1-2-9-29(22-7-8-23-24(14-22)31-18-27-23)10-5-3-4-6-25(30)28-26-15-19-11-20(16-26)13-21(12-19)17-26/h18-22H,2-17H2,1H3,(H,28,30). The highest BCUT2D eigenvalue weighted by Crippen LogP contribution is 2.55. The largest absolute Gasteiger partial charge is 0.351 e. The van der Waals surface area contributed by atoms with Crippen molar-refractivity contribution in [3.63, 3.8) is 0 Å². The summed E-state index contributed by atoms with van der Waals surface area (Å²) in [6.07, 6.45) is 17.1. The monoisotopic (exact) mass is 443 g/mol. The molecule has 5 aliphatic carbocycles. The molecule has 1 aromatic rings. The minimum atomic E-state index is 0.181. The molecule has 0 radical (unpaired) electrons. The zero-order valence-electron chi connectivity index (χ0n) is 19.4. The first-order chi connectivity index (χ1) is 15.1. The number of rotatable bonds is 10. The van der Waals surface area contributed by atoms with Gasteiger partial charge in [-0.25, -0.2) is 4.98 Å². The molecule has 172 valence electrons. The van der Waals surface area contributed by atoms with Gasteiger partial charge in [0.1, 0.15) is 0 Å². The average Bonchev–Trinajstić information content (AvgIpc) is 3.19. The highest BCUT2D eigenvalue weighted by atomic mass is 32.1. The maximum Gasteiger partial charge on any atom is 0.220 e. The van der Waals surface area contributed by atoms with Gasteiger partial charge in [0, 0.05) is 22.9 Å². The number of thiazole rings is 1. The lowest BCUT2D eigenvalue weighted by molar-refractivity contribution is -0.127. The third kappa shape index (κ3) is 5.03. The van der Waals surface area contributed by atoms with E-state index in [4.69, 9.17) is 0 Å². The number of amides is 1. The normalized spacial score (nSPS) is 33.6. The lowest BCUT2D eigenvalue weighted by atomic mass is 9.53. The molecule has 4 saturated carbocycles. The molecule has 1 heterocycles. The summed E-state index contributed by atoms with van der Waals surface area (Å²) in [4.78, 5) is 21.5. The van der Waals surface area contributed by atoms with Crippen LogP contribution < -0.4 is 5.32 Å². The van der Waals surface area contributed by atoms with E-state index in [9.17, 15) is 4.79 Å². The van der Waals surface area contributed by atoms with Gasteiger partial charge in [0.25, 0.3) is 0 Å². The molecule has 5 aliphatic rings. The summed E-state index contributed by atoms with van der Waals surface area (Å²) in [6, 6.07) is 0.687. The molecule has 4 bridgehead atoms. The topological polar surface area (TPSA) is 45.2 Å². The van der Waals surface area contributed by atoms with Crippen LogP contribution >= 0.6 is 11.3 Å². The van der Waals surface area contributed by atoms with E-state index in [-0.39, 0.29) is 5.54 Å². The van der Waals surface area contributed by atoms with Gasteiger partial charge in [-0.2, -0.15) is 0 Å². The summed E-state index contributed by atoms with van der Waals surface area (Å²) in [5.74, 6) is 3.03. The molecule has 0 aromatic carbocycles. The lowest BCUT2D eigenvalue weighted by Crippen LogP contribution is -2.59. The molecule has 4 fully saturated rings. The van der Waals surface area contributed by atoms with Crippen molar-refractivity contribution in [3.05, 3.63) is 16.1 Å². The zero-order valence-corrected chi connectivity index (χ0v) is 20.2. The van der Waals surface area contributed by atoms with Crippen LogP contribution in [0, 0.1) is 17.8 Å². The van der Waals surface area contributed by atoms with E-state index in [1.807, 2.05) is 16.8 Å². The third-order valence-electron chi connectivity index (χ3n) is 8.68. The van der Waals surface area contributed by atoms with Crippen LogP contribution in [0.4, 0.5) is 0 Å². The van der Waals surface area contributed by atoms with Crippen LogP contribution in [0.1, 0.15) is 94.5 Å². The lowest BCUT2D eigenvalue weighted by Gasteiger charge is -2.56. The Labute approximate surface area is 192 Å². The van der Waals surface area contributed by atoms with Gasteiger partial charge >= 0.3 is 0 Å². The second-order valence-electron chi connectivity index (χ2n) is 11.2. The Morgan fingerprint density at radius 3 is 2.58 bits per heavy atom. The predicted octanol–water partition coefficient (Wildman–Crippen LogP) is 5.36. The molecule has 0 spiro atoms. The average molecular weight is 444 g/mol. The van der Waals surface area contributed by atoms with Crippen molar-refractivity contribution in [3.8, 4) is 0 Å². The summed E-state index contributed by atoms with van der Waals surface area (Å²) >= 11 is 1.84. The fourth-order valence-corrected chi connectivity index (χ4v) is 8.64. The number of carbonyl (C=O) groups excluding carboxylic acids is 1. The summed E-state index contributed by atoms with van der Waals surface area (Å²) in [5.41, 5.74) is 3.55. The summed E-state index contributed by atoms with van der Waals surface area (Å²) in [7, 11) is 0. The van der Waals surface area contributed by atoms with Crippen LogP contribution in [0.15, 0.2) is 5.51 Å². The van der Waals surface area contributed by atoms with Gasteiger partial charge in [-0.15, -0.1) is 11.3 Å². The van der Waals surface area contributed by atoms with E-state index in [1.54, 1.807) is 0 Å². The maximum atomic E-state index is 12.7. The highest BCUT2D eigenvalue weighted by molar-refractivity contribution is 7.09. The number of nitrogens with one attached hydrogen (secondary N) is 1. The van der Waals surface area contributed by atoms with Crippen molar-refractivity contribution in [2.45, 2.75) is 108 Å². The molecule has 0 saturated heterocycles. The highest BCUT2D eigenvalue weighted by Gasteiger charge is 2.51. The van der Waals surface area contributed by atoms with Crippen molar-refractivity contribution >= 4 is 17.2 Å². The Morgan fingerprint density at radius 2 is 1.87 bits per heavy atom. The van der Waals surface area contributed by atoms with Gasteiger partial charge in [-0.1, -0.05) is 13.3 Å². The number of hydrogen-bond acceptors (Lipinski definition) is 4. The zero-order chi connectivity index (χ0) is 21.3. The Balaban J connectivity index is 1.02. The first-order valence-corrected chi connectivity index (χ1v) is 14.0. The fraction of sp³-hybridized carbons (Fsp3) is 0.846. The maximum absolute atomic E-state index is 12.7. The second-order valence-corrected chi connectivity index (χ2v) is 12.2. The van der Waals surface area contributed by atoms with Gasteiger partial charge in [0.2, 0.25) is 5.91 Å². The van der Waals surface area contributed by atoms with Gasteiger partial charge in [-0.05, 0) is 108 Å². The molecule has 1 unspecified atom stereocenters. The predicted molar refractivity (Wildman–Crippen MR) is 127 cm³/mol. The van der Waals surface area contributed by atoms with Crippen molar-refractivity contribution in [2.24, 2.45) is 17.8 Å². The van der Waals surface area contributed by atoms with Gasteiger partial charge < -0.3 is 10.2 Å². The number of aryl methyl sites for hydroxylation is 1. The first-order valence-electron chi connectivity index (χ1n) is 13.1. The minimum Gasteiger partial charge on any atom is -0.351 e. The van der Waals surface area contributed by atoms with Gasteiger partial charge in [0.05, 0.1) is 11.2 Å². The first kappa shape index (κ1) is 21.9. The number of unbranched alkanes of at least 4 members (excludes halogenated alkanes) is 2. The molecule has 1 N–H and O–H groups in total. The Kier molecular flexibility index (Phi) is 6.71. The van der Waals surface area contributed by atoms with E-state index in [2.05, 4.69) is 22.1 Å². The van der Waals surface area contributed by atoms with E-state index in [1.165, 1.54) is 94.3 Å². The van der Waals surface area contributed by atoms with Crippen molar-refractivity contribution < 1.29 is 4.79 Å². The summed E-state index contributed by atoms with van der Waals surface area (Å²) < 4.78 is 0. The van der Waals surface area contributed by atoms with E-state index < -0.39 is 0 Å². The Hall–Kier alpha value is -0.940. The quantitative estimate of drug-likeness (QED) is 0.495. The van der Waals surface area contributed by atoms with Crippen molar-refractivity contribution in [2.75, 3.05) is 13.1 Å². The molecule has 1 atom stereocenters. The molecule has 5 heteroatoms. The number of hydrogen-bond donors (Lipinski definition) is 1.